The van der Waals surface area contributed by atoms with Crippen molar-refractivity contribution < 1.29 is 0 Å². The van der Waals surface area contributed by atoms with E-state index in [1.165, 1.54) is 17.9 Å². The molecule has 1 aromatic heterocycles. The summed E-state index contributed by atoms with van der Waals surface area (Å²) in [4.78, 5) is 6.78. The SMILES string of the molecule is CN(c1nc(CN)cs1)C1CCSC1. The molecule has 2 N–H and O–H groups in total. The molecule has 14 heavy (non-hydrogen) atoms. The van der Waals surface area contributed by atoms with E-state index in [1.807, 2.05) is 17.1 Å². The molecule has 1 aromatic rings. The molecule has 0 aromatic carbocycles. The van der Waals surface area contributed by atoms with Gasteiger partial charge in [0.1, 0.15) is 0 Å². The first-order valence-corrected chi connectivity index (χ1v) is 6.79. The van der Waals surface area contributed by atoms with Crippen LogP contribution in [0.4, 0.5) is 5.13 Å². The van der Waals surface area contributed by atoms with E-state index in [-0.39, 0.29) is 0 Å². The maximum atomic E-state index is 5.54. The molecule has 1 saturated heterocycles. The fraction of sp³-hybridized carbons (Fsp3) is 0.667. The van der Waals surface area contributed by atoms with E-state index in [2.05, 4.69) is 16.9 Å². The van der Waals surface area contributed by atoms with Gasteiger partial charge in [0.05, 0.1) is 5.69 Å². The lowest BCUT2D eigenvalue weighted by atomic mass is 10.2. The van der Waals surface area contributed by atoms with Crippen LogP contribution in [0.5, 0.6) is 0 Å². The Hall–Kier alpha value is -0.260. The second kappa shape index (κ2) is 4.51. The Kier molecular flexibility index (Phi) is 3.30. The van der Waals surface area contributed by atoms with Crippen molar-refractivity contribution in [1.82, 2.24) is 4.98 Å². The van der Waals surface area contributed by atoms with Gasteiger partial charge in [-0.3, -0.25) is 0 Å². The third kappa shape index (κ3) is 2.04. The minimum absolute atomic E-state index is 0.545. The van der Waals surface area contributed by atoms with Gasteiger partial charge < -0.3 is 10.6 Å². The monoisotopic (exact) mass is 229 g/mol. The van der Waals surface area contributed by atoms with Crippen molar-refractivity contribution in [3.8, 4) is 0 Å². The van der Waals surface area contributed by atoms with Crippen LogP contribution >= 0.6 is 23.1 Å². The molecule has 0 aliphatic carbocycles. The van der Waals surface area contributed by atoms with Gasteiger partial charge in [0.2, 0.25) is 0 Å². The maximum Gasteiger partial charge on any atom is 0.185 e. The van der Waals surface area contributed by atoms with Gasteiger partial charge in [-0.1, -0.05) is 0 Å². The molecule has 1 aliphatic heterocycles. The number of thioether (sulfide) groups is 1. The highest BCUT2D eigenvalue weighted by molar-refractivity contribution is 7.99. The molecule has 0 bridgehead atoms. The summed E-state index contributed by atoms with van der Waals surface area (Å²) in [6.07, 6.45) is 1.28. The summed E-state index contributed by atoms with van der Waals surface area (Å²) >= 11 is 3.72. The van der Waals surface area contributed by atoms with Crippen LogP contribution in [0.3, 0.4) is 0 Å². The summed E-state index contributed by atoms with van der Waals surface area (Å²) in [7, 11) is 2.13. The van der Waals surface area contributed by atoms with Crippen molar-refractivity contribution in [3.63, 3.8) is 0 Å². The topological polar surface area (TPSA) is 42.2 Å². The zero-order valence-corrected chi connectivity index (χ0v) is 9.90. The van der Waals surface area contributed by atoms with Gasteiger partial charge in [-0.05, 0) is 12.2 Å². The molecule has 0 spiro atoms. The average molecular weight is 229 g/mol. The molecule has 1 fully saturated rings. The Morgan fingerprint density at radius 3 is 3.14 bits per heavy atom. The Labute approximate surface area is 92.7 Å². The summed E-state index contributed by atoms with van der Waals surface area (Å²) in [5.41, 5.74) is 6.54. The van der Waals surface area contributed by atoms with E-state index in [0.717, 1.165) is 10.8 Å². The predicted molar refractivity (Wildman–Crippen MR) is 64.1 cm³/mol. The van der Waals surface area contributed by atoms with Gasteiger partial charge >= 0.3 is 0 Å². The van der Waals surface area contributed by atoms with Crippen LogP contribution in [0.1, 0.15) is 12.1 Å². The second-order valence-electron chi connectivity index (χ2n) is 3.45. The predicted octanol–water partition coefficient (Wildman–Crippen LogP) is 1.54. The van der Waals surface area contributed by atoms with Gasteiger partial charge in [-0.2, -0.15) is 11.8 Å². The summed E-state index contributed by atoms with van der Waals surface area (Å²) in [6, 6.07) is 0.664. The number of hydrogen-bond acceptors (Lipinski definition) is 5. The van der Waals surface area contributed by atoms with Crippen LogP contribution in [0.2, 0.25) is 0 Å². The lowest BCUT2D eigenvalue weighted by molar-refractivity contribution is 0.696. The Morgan fingerprint density at radius 1 is 1.71 bits per heavy atom. The zero-order chi connectivity index (χ0) is 9.97. The van der Waals surface area contributed by atoms with Gasteiger partial charge in [0.15, 0.2) is 5.13 Å². The molecule has 5 heteroatoms. The molecule has 0 radical (unpaired) electrons. The van der Waals surface area contributed by atoms with Crippen molar-refractivity contribution in [2.75, 3.05) is 23.5 Å². The Morgan fingerprint density at radius 2 is 2.57 bits per heavy atom. The highest BCUT2D eigenvalue weighted by Crippen LogP contribution is 2.27. The van der Waals surface area contributed by atoms with Crippen molar-refractivity contribution in [2.45, 2.75) is 19.0 Å². The molecular formula is C9H15N3S2. The minimum Gasteiger partial charge on any atom is -0.347 e. The van der Waals surface area contributed by atoms with Gasteiger partial charge in [-0.15, -0.1) is 11.3 Å². The zero-order valence-electron chi connectivity index (χ0n) is 8.27. The molecule has 78 valence electrons. The molecule has 1 unspecified atom stereocenters. The lowest BCUT2D eigenvalue weighted by Gasteiger charge is -2.22. The largest absolute Gasteiger partial charge is 0.347 e. The van der Waals surface area contributed by atoms with Gasteiger partial charge in [0.25, 0.3) is 0 Å². The molecule has 0 amide bonds. The van der Waals surface area contributed by atoms with Crippen molar-refractivity contribution in [3.05, 3.63) is 11.1 Å². The second-order valence-corrected chi connectivity index (χ2v) is 5.44. The molecule has 2 heterocycles. The number of rotatable bonds is 3. The van der Waals surface area contributed by atoms with E-state index in [0.29, 0.717) is 12.6 Å². The van der Waals surface area contributed by atoms with Gasteiger partial charge in [0, 0.05) is 30.8 Å². The Bertz CT molecular complexity index is 294. The van der Waals surface area contributed by atoms with Crippen molar-refractivity contribution >= 4 is 28.2 Å². The summed E-state index contributed by atoms with van der Waals surface area (Å²) in [5, 5.41) is 3.16. The summed E-state index contributed by atoms with van der Waals surface area (Å²) in [6.45, 7) is 0.545. The molecule has 0 saturated carbocycles. The van der Waals surface area contributed by atoms with E-state index >= 15 is 0 Å². The molecule has 2 rings (SSSR count). The first kappa shape index (κ1) is 10.3. The number of nitrogens with two attached hydrogens (primary N) is 1. The van der Waals surface area contributed by atoms with Crippen LogP contribution in [-0.2, 0) is 6.54 Å². The van der Waals surface area contributed by atoms with Crippen LogP contribution in [0.25, 0.3) is 0 Å². The minimum atomic E-state index is 0.545. The molecule has 3 nitrogen and oxygen atoms in total. The highest BCUT2D eigenvalue weighted by atomic mass is 32.2. The highest BCUT2D eigenvalue weighted by Gasteiger charge is 2.21. The maximum absolute atomic E-state index is 5.54. The number of nitrogens with zero attached hydrogens (tertiary/aromatic N) is 2. The summed E-state index contributed by atoms with van der Waals surface area (Å²) in [5.74, 6) is 2.51. The smallest absolute Gasteiger partial charge is 0.185 e. The molecular weight excluding hydrogens is 214 g/mol. The Balaban J connectivity index is 2.05. The van der Waals surface area contributed by atoms with Crippen LogP contribution in [0.15, 0.2) is 5.38 Å². The summed E-state index contributed by atoms with van der Waals surface area (Å²) < 4.78 is 0. The first-order valence-electron chi connectivity index (χ1n) is 4.76. The van der Waals surface area contributed by atoms with Crippen molar-refractivity contribution in [2.24, 2.45) is 5.73 Å². The fourth-order valence-electron chi connectivity index (χ4n) is 1.54. The van der Waals surface area contributed by atoms with Crippen LogP contribution < -0.4 is 10.6 Å². The quantitative estimate of drug-likeness (QED) is 0.854. The van der Waals surface area contributed by atoms with E-state index in [4.69, 9.17) is 5.73 Å². The van der Waals surface area contributed by atoms with Crippen LogP contribution in [0, 0.1) is 0 Å². The van der Waals surface area contributed by atoms with E-state index in [9.17, 15) is 0 Å². The van der Waals surface area contributed by atoms with Crippen LogP contribution in [-0.4, -0.2) is 29.6 Å². The third-order valence-corrected chi connectivity index (χ3v) is 4.63. The molecule has 1 aliphatic rings. The normalized spacial score (nSPS) is 21.4. The van der Waals surface area contributed by atoms with E-state index < -0.39 is 0 Å². The standard InChI is InChI=1S/C9H15N3S2/c1-12(8-2-3-13-6-8)9-11-7(4-10)5-14-9/h5,8H,2-4,6,10H2,1H3. The number of hydrogen-bond donors (Lipinski definition) is 1. The average Bonchev–Trinajstić information content (AvgIpc) is 2.88. The third-order valence-electron chi connectivity index (χ3n) is 2.50. The van der Waals surface area contributed by atoms with E-state index in [1.54, 1.807) is 11.3 Å². The number of aromatic nitrogens is 1. The first-order chi connectivity index (χ1) is 6.81. The molecule has 1 atom stereocenters. The lowest BCUT2D eigenvalue weighted by Crippen LogP contribution is -2.31. The van der Waals surface area contributed by atoms with Crippen molar-refractivity contribution in [1.29, 1.82) is 0 Å². The number of thiazole rings is 1. The van der Waals surface area contributed by atoms with Gasteiger partial charge in [-0.25, -0.2) is 4.98 Å². The fourth-order valence-corrected chi connectivity index (χ4v) is 3.68. The number of anilines is 1.